The molecule has 2 atom stereocenters. The molecule has 0 radical (unpaired) electrons. The highest BCUT2D eigenvalue weighted by atomic mass is 16.4. The first-order valence-electron chi connectivity index (χ1n) is 7.01. The molecule has 2 unspecified atom stereocenters. The Morgan fingerprint density at radius 2 is 1.95 bits per heavy atom. The van der Waals surface area contributed by atoms with Crippen molar-refractivity contribution >= 4 is 11.7 Å². The Balaban J connectivity index is 1.92. The molecule has 4 heteroatoms. The minimum absolute atomic E-state index is 0.0293. The van der Waals surface area contributed by atoms with Gasteiger partial charge in [0.2, 0.25) is 0 Å². The van der Waals surface area contributed by atoms with Gasteiger partial charge in [-0.15, -0.1) is 0 Å². The summed E-state index contributed by atoms with van der Waals surface area (Å²) in [5.74, 6) is -0.915. The topological polar surface area (TPSA) is 75.3 Å². The van der Waals surface area contributed by atoms with E-state index in [-0.39, 0.29) is 12.1 Å². The van der Waals surface area contributed by atoms with E-state index in [0.717, 1.165) is 17.7 Å². The predicted octanol–water partition coefficient (Wildman–Crippen LogP) is 3.25. The number of aromatic carboxylic acids is 1. The van der Waals surface area contributed by atoms with Gasteiger partial charge in [0, 0.05) is 11.7 Å². The molecule has 1 aliphatic rings. The van der Waals surface area contributed by atoms with Crippen LogP contribution in [0.25, 0.3) is 0 Å². The molecule has 0 saturated heterocycles. The van der Waals surface area contributed by atoms with E-state index in [2.05, 4.69) is 17.4 Å². The average molecular weight is 282 g/mol. The van der Waals surface area contributed by atoms with Crippen molar-refractivity contribution in [2.75, 3.05) is 5.32 Å². The fourth-order valence-corrected chi connectivity index (χ4v) is 2.91. The molecule has 4 nitrogen and oxygen atoms in total. The molecule has 0 bridgehead atoms. The van der Waals surface area contributed by atoms with Gasteiger partial charge < -0.3 is 16.2 Å². The van der Waals surface area contributed by atoms with Crippen molar-refractivity contribution in [3.05, 3.63) is 64.7 Å². The third-order valence-corrected chi connectivity index (χ3v) is 4.07. The lowest BCUT2D eigenvalue weighted by atomic mass is 10.1. The molecule has 0 amide bonds. The van der Waals surface area contributed by atoms with Gasteiger partial charge in [0.25, 0.3) is 0 Å². The smallest absolute Gasteiger partial charge is 0.335 e. The molecule has 21 heavy (non-hydrogen) atoms. The molecular formula is C17H18N2O2. The van der Waals surface area contributed by atoms with Crippen LogP contribution in [0.3, 0.4) is 0 Å². The second kappa shape index (κ2) is 5.22. The number of anilines is 1. The maximum Gasteiger partial charge on any atom is 0.335 e. The molecule has 108 valence electrons. The van der Waals surface area contributed by atoms with Crippen molar-refractivity contribution in [3.63, 3.8) is 0 Å². The largest absolute Gasteiger partial charge is 0.478 e. The summed E-state index contributed by atoms with van der Waals surface area (Å²) in [5, 5.41) is 12.6. The van der Waals surface area contributed by atoms with Crippen molar-refractivity contribution < 1.29 is 9.90 Å². The first-order chi connectivity index (χ1) is 10.1. The molecule has 0 aromatic heterocycles. The van der Waals surface area contributed by atoms with Crippen LogP contribution < -0.4 is 11.1 Å². The van der Waals surface area contributed by atoms with Crippen LogP contribution >= 0.6 is 0 Å². The molecule has 0 spiro atoms. The van der Waals surface area contributed by atoms with E-state index in [9.17, 15) is 4.79 Å². The molecule has 0 fully saturated rings. The van der Waals surface area contributed by atoms with Crippen LogP contribution in [0.1, 0.15) is 45.6 Å². The van der Waals surface area contributed by atoms with Crippen molar-refractivity contribution in [1.29, 1.82) is 0 Å². The van der Waals surface area contributed by atoms with E-state index in [1.54, 1.807) is 12.1 Å². The second-order valence-corrected chi connectivity index (χ2v) is 5.50. The number of carbonyl (C=O) groups is 1. The quantitative estimate of drug-likeness (QED) is 0.807. The highest BCUT2D eigenvalue weighted by Crippen LogP contribution is 2.39. The SMILES string of the molecule is Cc1ccc(C(=O)O)cc1NC1CC(N)c2ccccc21. The van der Waals surface area contributed by atoms with Gasteiger partial charge in [0.15, 0.2) is 0 Å². The van der Waals surface area contributed by atoms with E-state index in [1.807, 2.05) is 25.1 Å². The lowest BCUT2D eigenvalue weighted by Gasteiger charge is -2.18. The fraction of sp³-hybridized carbons (Fsp3) is 0.235. The Morgan fingerprint density at radius 3 is 2.67 bits per heavy atom. The standard InChI is InChI=1S/C17H18N2O2/c1-10-6-7-11(17(20)21)8-15(10)19-16-9-14(18)12-4-2-3-5-13(12)16/h2-8,14,16,19H,9,18H2,1H3,(H,20,21). The monoisotopic (exact) mass is 282 g/mol. The lowest BCUT2D eigenvalue weighted by molar-refractivity contribution is 0.0697. The van der Waals surface area contributed by atoms with Gasteiger partial charge in [-0.2, -0.15) is 0 Å². The molecule has 2 aromatic rings. The molecular weight excluding hydrogens is 264 g/mol. The molecule has 0 aliphatic heterocycles. The molecule has 4 N–H and O–H groups in total. The van der Waals surface area contributed by atoms with Crippen molar-refractivity contribution in [2.45, 2.75) is 25.4 Å². The van der Waals surface area contributed by atoms with Crippen molar-refractivity contribution in [2.24, 2.45) is 5.73 Å². The first kappa shape index (κ1) is 13.6. The Kier molecular flexibility index (Phi) is 3.39. The summed E-state index contributed by atoms with van der Waals surface area (Å²) >= 11 is 0. The number of carboxylic acid groups (broad SMARTS) is 1. The molecule has 0 heterocycles. The first-order valence-corrected chi connectivity index (χ1v) is 7.01. The summed E-state index contributed by atoms with van der Waals surface area (Å²) in [6, 6.07) is 13.4. The molecule has 0 saturated carbocycles. The number of hydrogen-bond donors (Lipinski definition) is 3. The number of hydrogen-bond acceptors (Lipinski definition) is 3. The van der Waals surface area contributed by atoms with Gasteiger partial charge in [0.1, 0.15) is 0 Å². The normalized spacial score (nSPS) is 20.1. The van der Waals surface area contributed by atoms with Crippen LogP contribution in [0, 0.1) is 6.92 Å². The van der Waals surface area contributed by atoms with Gasteiger partial charge in [-0.05, 0) is 42.2 Å². The zero-order valence-corrected chi connectivity index (χ0v) is 11.8. The number of carboxylic acids is 1. The summed E-state index contributed by atoms with van der Waals surface area (Å²) in [4.78, 5) is 11.1. The minimum atomic E-state index is -0.915. The zero-order valence-electron chi connectivity index (χ0n) is 11.8. The fourth-order valence-electron chi connectivity index (χ4n) is 2.91. The molecule has 1 aliphatic carbocycles. The Hall–Kier alpha value is -2.33. The van der Waals surface area contributed by atoms with Gasteiger partial charge in [-0.1, -0.05) is 30.3 Å². The van der Waals surface area contributed by atoms with Gasteiger partial charge in [-0.25, -0.2) is 4.79 Å². The lowest BCUT2D eigenvalue weighted by Crippen LogP contribution is -2.11. The van der Waals surface area contributed by atoms with Crippen LogP contribution in [0.15, 0.2) is 42.5 Å². The summed E-state index contributed by atoms with van der Waals surface area (Å²) < 4.78 is 0. The van der Waals surface area contributed by atoms with Gasteiger partial charge >= 0.3 is 5.97 Å². The maximum atomic E-state index is 11.1. The Morgan fingerprint density at radius 1 is 1.24 bits per heavy atom. The number of nitrogens with two attached hydrogens (primary N) is 1. The average Bonchev–Trinajstić information content (AvgIpc) is 2.78. The minimum Gasteiger partial charge on any atom is -0.478 e. The number of aryl methyl sites for hydroxylation is 1. The Bertz CT molecular complexity index is 697. The predicted molar refractivity (Wildman–Crippen MR) is 82.5 cm³/mol. The third kappa shape index (κ3) is 2.50. The highest BCUT2D eigenvalue weighted by Gasteiger charge is 2.28. The van der Waals surface area contributed by atoms with Gasteiger partial charge in [-0.3, -0.25) is 0 Å². The van der Waals surface area contributed by atoms with Crippen molar-refractivity contribution in [1.82, 2.24) is 0 Å². The van der Waals surface area contributed by atoms with Crippen LogP contribution in [-0.4, -0.2) is 11.1 Å². The zero-order chi connectivity index (χ0) is 15.0. The number of rotatable bonds is 3. The van der Waals surface area contributed by atoms with Gasteiger partial charge in [0.05, 0.1) is 11.6 Å². The molecule has 2 aromatic carbocycles. The van der Waals surface area contributed by atoms with Crippen molar-refractivity contribution in [3.8, 4) is 0 Å². The Labute approximate surface area is 123 Å². The number of nitrogens with one attached hydrogen (secondary N) is 1. The second-order valence-electron chi connectivity index (χ2n) is 5.50. The van der Waals surface area contributed by atoms with Crippen LogP contribution in [-0.2, 0) is 0 Å². The van der Waals surface area contributed by atoms with E-state index in [1.165, 1.54) is 11.1 Å². The van der Waals surface area contributed by atoms with Crippen LogP contribution in [0.2, 0.25) is 0 Å². The number of fused-ring (bicyclic) bond motifs is 1. The summed E-state index contributed by atoms with van der Waals surface area (Å²) in [7, 11) is 0. The number of benzene rings is 2. The third-order valence-electron chi connectivity index (χ3n) is 4.07. The summed E-state index contributed by atoms with van der Waals surface area (Å²) in [6.07, 6.45) is 0.816. The van der Waals surface area contributed by atoms with E-state index in [0.29, 0.717) is 5.56 Å². The summed E-state index contributed by atoms with van der Waals surface area (Å²) in [5.41, 5.74) is 10.7. The van der Waals surface area contributed by atoms with Crippen LogP contribution in [0.4, 0.5) is 5.69 Å². The van der Waals surface area contributed by atoms with E-state index < -0.39 is 5.97 Å². The van der Waals surface area contributed by atoms with Crippen LogP contribution in [0.5, 0.6) is 0 Å². The maximum absolute atomic E-state index is 11.1. The highest BCUT2D eigenvalue weighted by molar-refractivity contribution is 5.89. The van der Waals surface area contributed by atoms with E-state index >= 15 is 0 Å². The summed E-state index contributed by atoms with van der Waals surface area (Å²) in [6.45, 7) is 1.97. The molecule has 3 rings (SSSR count). The van der Waals surface area contributed by atoms with E-state index in [4.69, 9.17) is 10.8 Å².